The molecule has 2 aromatic rings. The highest BCUT2D eigenvalue weighted by Gasteiger charge is 2.27. The number of hydrogen-bond donors (Lipinski definition) is 1. The molecule has 1 fully saturated rings. The monoisotopic (exact) mass is 314 g/mol. The summed E-state index contributed by atoms with van der Waals surface area (Å²) in [5.74, 6) is 0.350. The number of fused-ring (bicyclic) bond motifs is 1. The molecule has 2 heterocycles. The lowest BCUT2D eigenvalue weighted by molar-refractivity contribution is -0.120. The predicted octanol–water partition coefficient (Wildman–Crippen LogP) is 0.984. The van der Waals surface area contributed by atoms with Crippen LogP contribution in [-0.2, 0) is 4.79 Å². The van der Waals surface area contributed by atoms with E-state index >= 15 is 0 Å². The van der Waals surface area contributed by atoms with Crippen LogP contribution in [0, 0.1) is 0 Å². The third-order valence-electron chi connectivity index (χ3n) is 3.84. The van der Waals surface area contributed by atoms with E-state index in [1.54, 1.807) is 25.2 Å². The molecule has 8 heteroatoms. The molecule has 0 unspecified atom stereocenters. The number of nitrogens with zero attached hydrogens (tertiary/aromatic N) is 3. The van der Waals surface area contributed by atoms with Crippen LogP contribution in [0.4, 0.5) is 5.69 Å². The molecule has 23 heavy (non-hydrogen) atoms. The Morgan fingerprint density at radius 1 is 1.39 bits per heavy atom. The number of carbonyl (C=O) groups excluding carboxylic acids is 2. The summed E-state index contributed by atoms with van der Waals surface area (Å²) in [7, 11) is 1.69. The van der Waals surface area contributed by atoms with Gasteiger partial charge in [0.25, 0.3) is 5.91 Å². The lowest BCUT2D eigenvalue weighted by Gasteiger charge is -2.25. The lowest BCUT2D eigenvalue weighted by Crippen LogP contribution is -2.35. The maximum atomic E-state index is 11.9. The Kier molecular flexibility index (Phi) is 3.03. The van der Waals surface area contributed by atoms with Gasteiger partial charge in [-0.05, 0) is 31.0 Å². The molecule has 0 bridgehead atoms. The molecule has 0 saturated heterocycles. The number of aromatic nitrogens is 2. The zero-order chi connectivity index (χ0) is 16.0. The average Bonchev–Trinajstić information content (AvgIpc) is 3.23. The minimum absolute atomic E-state index is 0.00571. The standard InChI is InChI=1S/C15H14N4O4/c1-19-10-5-2-8(6-11(10)22-7-12(19)20)13-17-15(23-18-13)14(21)16-9-3-4-9/h2,5-6,9H,3-4,7H2,1H3,(H,16,21). The summed E-state index contributed by atoms with van der Waals surface area (Å²) in [6, 6.07) is 5.46. The first-order valence-electron chi connectivity index (χ1n) is 7.30. The quantitative estimate of drug-likeness (QED) is 0.907. The molecule has 0 atom stereocenters. The number of nitrogens with one attached hydrogen (secondary N) is 1. The van der Waals surface area contributed by atoms with Gasteiger partial charge < -0.3 is 19.5 Å². The third-order valence-corrected chi connectivity index (χ3v) is 3.84. The maximum Gasteiger partial charge on any atom is 0.316 e. The molecular weight excluding hydrogens is 300 g/mol. The molecule has 1 N–H and O–H groups in total. The van der Waals surface area contributed by atoms with Crippen LogP contribution in [0.5, 0.6) is 5.75 Å². The highest BCUT2D eigenvalue weighted by Crippen LogP contribution is 2.34. The van der Waals surface area contributed by atoms with Crippen LogP contribution in [0.1, 0.15) is 23.5 Å². The highest BCUT2D eigenvalue weighted by molar-refractivity contribution is 5.97. The molecule has 1 aliphatic carbocycles. The van der Waals surface area contributed by atoms with E-state index in [1.807, 2.05) is 0 Å². The topological polar surface area (TPSA) is 97.6 Å². The Hall–Kier alpha value is -2.90. The van der Waals surface area contributed by atoms with Gasteiger partial charge in [0.2, 0.25) is 5.82 Å². The number of amides is 2. The molecule has 118 valence electrons. The normalized spacial score (nSPS) is 16.7. The number of ether oxygens (including phenoxy) is 1. The van der Waals surface area contributed by atoms with E-state index in [4.69, 9.17) is 9.26 Å². The fraction of sp³-hybridized carbons (Fsp3) is 0.333. The number of hydrogen-bond acceptors (Lipinski definition) is 6. The molecule has 0 spiro atoms. The van der Waals surface area contributed by atoms with Crippen molar-refractivity contribution < 1.29 is 18.8 Å². The Labute approximate surface area is 131 Å². The summed E-state index contributed by atoms with van der Waals surface area (Å²) >= 11 is 0. The Morgan fingerprint density at radius 2 is 2.22 bits per heavy atom. The van der Waals surface area contributed by atoms with E-state index in [2.05, 4.69) is 15.5 Å². The van der Waals surface area contributed by atoms with Crippen LogP contribution in [0.15, 0.2) is 22.7 Å². The van der Waals surface area contributed by atoms with Gasteiger partial charge in [-0.2, -0.15) is 4.98 Å². The van der Waals surface area contributed by atoms with Crippen molar-refractivity contribution in [3.8, 4) is 17.1 Å². The van der Waals surface area contributed by atoms with Crippen molar-refractivity contribution in [2.45, 2.75) is 18.9 Å². The SMILES string of the molecule is CN1C(=O)COc2cc(-c3noc(C(=O)NC4CC4)n3)ccc21. The number of carbonyl (C=O) groups is 2. The largest absolute Gasteiger partial charge is 0.482 e. The summed E-state index contributed by atoms with van der Waals surface area (Å²) in [5.41, 5.74) is 1.33. The van der Waals surface area contributed by atoms with Crippen LogP contribution in [0.25, 0.3) is 11.4 Å². The highest BCUT2D eigenvalue weighted by atomic mass is 16.5. The minimum atomic E-state index is -0.356. The molecular formula is C15H14N4O4. The summed E-state index contributed by atoms with van der Waals surface area (Å²) < 4.78 is 10.4. The smallest absolute Gasteiger partial charge is 0.316 e. The number of anilines is 1. The first kappa shape index (κ1) is 13.7. The number of likely N-dealkylation sites (N-methyl/N-ethyl adjacent to an activating group) is 1. The molecule has 1 saturated carbocycles. The van der Waals surface area contributed by atoms with E-state index in [0.717, 1.165) is 12.8 Å². The van der Waals surface area contributed by atoms with Gasteiger partial charge in [-0.25, -0.2) is 0 Å². The summed E-state index contributed by atoms with van der Waals surface area (Å²) in [6.45, 7) is -0.00571. The second kappa shape index (κ2) is 5.08. The van der Waals surface area contributed by atoms with Crippen molar-refractivity contribution in [2.75, 3.05) is 18.6 Å². The predicted molar refractivity (Wildman–Crippen MR) is 79.1 cm³/mol. The van der Waals surface area contributed by atoms with E-state index < -0.39 is 0 Å². The van der Waals surface area contributed by atoms with Gasteiger partial charge in [0.1, 0.15) is 5.75 Å². The van der Waals surface area contributed by atoms with Gasteiger partial charge in [-0.1, -0.05) is 5.16 Å². The van der Waals surface area contributed by atoms with Gasteiger partial charge in [0.15, 0.2) is 6.61 Å². The molecule has 1 aromatic heterocycles. The van der Waals surface area contributed by atoms with Gasteiger partial charge in [0, 0.05) is 18.7 Å². The zero-order valence-electron chi connectivity index (χ0n) is 12.4. The van der Waals surface area contributed by atoms with Crippen molar-refractivity contribution in [2.24, 2.45) is 0 Å². The van der Waals surface area contributed by atoms with Gasteiger partial charge in [-0.15, -0.1) is 0 Å². The van der Waals surface area contributed by atoms with Crippen molar-refractivity contribution in [3.63, 3.8) is 0 Å². The molecule has 2 amide bonds. The average molecular weight is 314 g/mol. The number of benzene rings is 1. The van der Waals surface area contributed by atoms with E-state index in [9.17, 15) is 9.59 Å². The lowest BCUT2D eigenvalue weighted by atomic mass is 10.1. The van der Waals surface area contributed by atoms with Crippen molar-refractivity contribution in [1.82, 2.24) is 15.5 Å². The Balaban J connectivity index is 1.60. The Morgan fingerprint density at radius 3 is 3.00 bits per heavy atom. The molecule has 2 aliphatic rings. The first-order chi connectivity index (χ1) is 11.1. The van der Waals surface area contributed by atoms with E-state index in [0.29, 0.717) is 22.8 Å². The van der Waals surface area contributed by atoms with E-state index in [-0.39, 0.29) is 30.4 Å². The third kappa shape index (κ3) is 2.52. The van der Waals surface area contributed by atoms with Crippen LogP contribution in [0.2, 0.25) is 0 Å². The van der Waals surface area contributed by atoms with Crippen LogP contribution < -0.4 is 15.0 Å². The fourth-order valence-corrected chi connectivity index (χ4v) is 2.32. The minimum Gasteiger partial charge on any atom is -0.482 e. The van der Waals surface area contributed by atoms with E-state index in [1.165, 1.54) is 4.90 Å². The second-order valence-corrected chi connectivity index (χ2v) is 5.59. The second-order valence-electron chi connectivity index (χ2n) is 5.59. The van der Waals surface area contributed by atoms with Crippen LogP contribution >= 0.6 is 0 Å². The summed E-state index contributed by atoms with van der Waals surface area (Å²) in [6.07, 6.45) is 1.97. The molecule has 8 nitrogen and oxygen atoms in total. The van der Waals surface area contributed by atoms with Gasteiger partial charge in [-0.3, -0.25) is 9.59 Å². The molecule has 0 radical (unpaired) electrons. The summed E-state index contributed by atoms with van der Waals surface area (Å²) in [4.78, 5) is 29.1. The first-order valence-corrected chi connectivity index (χ1v) is 7.30. The summed E-state index contributed by atoms with van der Waals surface area (Å²) in [5, 5.41) is 6.63. The van der Waals surface area contributed by atoms with Crippen molar-refractivity contribution in [3.05, 3.63) is 24.1 Å². The Bertz CT molecular complexity index is 797. The molecule has 1 aliphatic heterocycles. The fourth-order valence-electron chi connectivity index (χ4n) is 2.32. The van der Waals surface area contributed by atoms with Gasteiger partial charge in [0.05, 0.1) is 5.69 Å². The molecule has 1 aromatic carbocycles. The van der Waals surface area contributed by atoms with Crippen LogP contribution in [-0.4, -0.2) is 41.7 Å². The maximum absolute atomic E-state index is 11.9. The van der Waals surface area contributed by atoms with Crippen LogP contribution in [0.3, 0.4) is 0 Å². The van der Waals surface area contributed by atoms with Crippen molar-refractivity contribution >= 4 is 17.5 Å². The molecule has 4 rings (SSSR count). The van der Waals surface area contributed by atoms with Gasteiger partial charge >= 0.3 is 11.8 Å². The van der Waals surface area contributed by atoms with Crippen molar-refractivity contribution in [1.29, 1.82) is 0 Å². The zero-order valence-corrected chi connectivity index (χ0v) is 12.4. The number of rotatable bonds is 3.